The molecule has 1 unspecified atom stereocenters. The van der Waals surface area contributed by atoms with Gasteiger partial charge >= 0.3 is 0 Å². The second-order valence-corrected chi connectivity index (χ2v) is 10.0. The Hall–Kier alpha value is -1.63. The van der Waals surface area contributed by atoms with Crippen molar-refractivity contribution in [3.8, 4) is 0 Å². The summed E-state index contributed by atoms with van der Waals surface area (Å²) in [7, 11) is 0. The first-order valence-electron chi connectivity index (χ1n) is 10.2. The van der Waals surface area contributed by atoms with Crippen LogP contribution in [0.25, 0.3) is 0 Å². The molecule has 1 aliphatic heterocycles. The van der Waals surface area contributed by atoms with E-state index in [1.54, 1.807) is 11.3 Å². The third-order valence-corrected chi connectivity index (χ3v) is 7.61. The maximum Gasteiger partial charge on any atom is 0.183 e. The van der Waals surface area contributed by atoms with Crippen LogP contribution in [-0.2, 0) is 5.54 Å². The Morgan fingerprint density at radius 1 is 1.13 bits per heavy atom. The number of thiazole rings is 1. The summed E-state index contributed by atoms with van der Waals surface area (Å²) in [4.78, 5) is 8.13. The molecule has 30 heavy (non-hydrogen) atoms. The molecule has 3 aromatic rings. The van der Waals surface area contributed by atoms with Gasteiger partial charge in [-0.15, -0.1) is 11.3 Å². The molecule has 4 nitrogen and oxygen atoms in total. The number of benzene rings is 2. The smallest absolute Gasteiger partial charge is 0.183 e. The van der Waals surface area contributed by atoms with Gasteiger partial charge in [-0.1, -0.05) is 53.5 Å². The van der Waals surface area contributed by atoms with E-state index in [9.17, 15) is 5.11 Å². The van der Waals surface area contributed by atoms with Crippen LogP contribution < -0.4 is 5.32 Å². The van der Waals surface area contributed by atoms with Gasteiger partial charge in [-0.3, -0.25) is 4.90 Å². The number of β-amino-alcohol motifs (C(OH)–C–C–N with tert-alkyl or cyclic N) is 1. The summed E-state index contributed by atoms with van der Waals surface area (Å²) in [6.07, 6.45) is 4.60. The molecule has 0 bridgehead atoms. The zero-order valence-electron chi connectivity index (χ0n) is 16.4. The van der Waals surface area contributed by atoms with Crippen molar-refractivity contribution in [1.29, 1.82) is 0 Å². The van der Waals surface area contributed by atoms with E-state index in [1.807, 2.05) is 36.5 Å². The lowest BCUT2D eigenvalue weighted by Gasteiger charge is -2.27. The maximum atomic E-state index is 10.1. The summed E-state index contributed by atoms with van der Waals surface area (Å²) in [6.45, 7) is 1.48. The fourth-order valence-corrected chi connectivity index (χ4v) is 5.72. The van der Waals surface area contributed by atoms with Crippen LogP contribution >= 0.6 is 34.5 Å². The van der Waals surface area contributed by atoms with Gasteiger partial charge < -0.3 is 10.4 Å². The lowest BCUT2D eigenvalue weighted by molar-refractivity contribution is 0.167. The molecule has 2 N–H and O–H groups in total. The summed E-state index contributed by atoms with van der Waals surface area (Å²) in [5.74, 6) is 0. The van der Waals surface area contributed by atoms with Crippen LogP contribution in [0, 0.1) is 0 Å². The van der Waals surface area contributed by atoms with E-state index in [2.05, 4.69) is 28.4 Å². The Balaban J connectivity index is 1.43. The highest BCUT2D eigenvalue weighted by molar-refractivity contribution is 7.15. The Kier molecular flexibility index (Phi) is 5.50. The highest BCUT2D eigenvalue weighted by Gasteiger charge is 2.45. The minimum atomic E-state index is -0.292. The van der Waals surface area contributed by atoms with Gasteiger partial charge in [0.1, 0.15) is 0 Å². The number of halogens is 2. The van der Waals surface area contributed by atoms with E-state index in [0.717, 1.165) is 51.4 Å². The normalized spacial score (nSPS) is 21.5. The molecule has 2 heterocycles. The van der Waals surface area contributed by atoms with E-state index in [0.29, 0.717) is 6.54 Å². The predicted octanol–water partition coefficient (Wildman–Crippen LogP) is 5.71. The van der Waals surface area contributed by atoms with Crippen molar-refractivity contribution in [2.75, 3.05) is 18.4 Å². The molecule has 0 radical (unpaired) electrons. The number of aliphatic hydroxyl groups excluding tert-OH is 1. The summed E-state index contributed by atoms with van der Waals surface area (Å²) in [5.41, 5.74) is 2.25. The monoisotopic (exact) mass is 459 g/mol. The molecule has 1 saturated heterocycles. The molecule has 2 atom stereocenters. The zero-order chi connectivity index (χ0) is 20.7. The van der Waals surface area contributed by atoms with Crippen molar-refractivity contribution in [3.63, 3.8) is 0 Å². The van der Waals surface area contributed by atoms with Gasteiger partial charge in [0.2, 0.25) is 0 Å². The van der Waals surface area contributed by atoms with Crippen LogP contribution in [0.15, 0.2) is 54.7 Å². The molecular formula is C23H23Cl2N3OS. The van der Waals surface area contributed by atoms with Crippen LogP contribution in [-0.4, -0.2) is 34.2 Å². The molecule has 2 fully saturated rings. The fraction of sp³-hybridized carbons (Fsp3) is 0.348. The first kappa shape index (κ1) is 20.3. The lowest BCUT2D eigenvalue weighted by Crippen LogP contribution is -2.28. The molecule has 1 saturated carbocycles. The molecule has 1 aromatic heterocycles. The van der Waals surface area contributed by atoms with Crippen molar-refractivity contribution in [2.24, 2.45) is 0 Å². The fourth-order valence-electron chi connectivity index (χ4n) is 4.28. The lowest BCUT2D eigenvalue weighted by atomic mass is 10.0. The summed E-state index contributed by atoms with van der Waals surface area (Å²) in [6, 6.07) is 16.0. The minimum Gasteiger partial charge on any atom is -0.392 e. The standard InChI is InChI=1S/C23H23Cl2N3OS/c24-16-7-5-15(6-8-16)23(10-11-23)27-22-26-13-20(30-22)21(28-12-9-17(29)14-28)18-3-1-2-4-19(18)25/h1-8,13,17,21,29H,9-12,14H2,(H,26,27)/t17-,21?/m1/s1. The van der Waals surface area contributed by atoms with E-state index in [1.165, 1.54) is 5.56 Å². The van der Waals surface area contributed by atoms with Gasteiger partial charge in [-0.05, 0) is 48.6 Å². The Morgan fingerprint density at radius 2 is 1.90 bits per heavy atom. The number of rotatable bonds is 6. The number of aromatic nitrogens is 1. The molecule has 0 spiro atoms. The molecule has 2 aliphatic rings. The number of hydrogen-bond donors (Lipinski definition) is 2. The van der Waals surface area contributed by atoms with Crippen LogP contribution in [0.1, 0.15) is 41.3 Å². The van der Waals surface area contributed by atoms with E-state index < -0.39 is 0 Å². The average molecular weight is 460 g/mol. The third kappa shape index (κ3) is 3.97. The number of likely N-dealkylation sites (tertiary alicyclic amines) is 1. The maximum absolute atomic E-state index is 10.1. The second kappa shape index (κ2) is 8.13. The highest BCUT2D eigenvalue weighted by Crippen LogP contribution is 2.49. The van der Waals surface area contributed by atoms with Crippen LogP contribution in [0.3, 0.4) is 0 Å². The van der Waals surface area contributed by atoms with Crippen LogP contribution in [0.4, 0.5) is 5.13 Å². The quantitative estimate of drug-likeness (QED) is 0.495. The Morgan fingerprint density at radius 3 is 2.57 bits per heavy atom. The minimum absolute atomic E-state index is 0.00501. The van der Waals surface area contributed by atoms with E-state index in [-0.39, 0.29) is 17.7 Å². The predicted molar refractivity (Wildman–Crippen MR) is 124 cm³/mol. The number of nitrogens with zero attached hydrogens (tertiary/aromatic N) is 2. The molecular weight excluding hydrogens is 437 g/mol. The first-order valence-corrected chi connectivity index (χ1v) is 11.8. The Bertz CT molecular complexity index is 1030. The van der Waals surface area contributed by atoms with E-state index in [4.69, 9.17) is 28.2 Å². The first-order chi connectivity index (χ1) is 14.5. The van der Waals surface area contributed by atoms with Gasteiger partial charge in [0.25, 0.3) is 0 Å². The Labute approximate surface area is 190 Å². The van der Waals surface area contributed by atoms with Gasteiger partial charge in [0, 0.05) is 34.2 Å². The molecule has 156 valence electrons. The molecule has 7 heteroatoms. The molecule has 1 aliphatic carbocycles. The average Bonchev–Trinajstić information content (AvgIpc) is 3.15. The van der Waals surface area contributed by atoms with Crippen LogP contribution in [0.2, 0.25) is 10.0 Å². The molecule has 0 amide bonds. The van der Waals surface area contributed by atoms with Gasteiger partial charge in [-0.25, -0.2) is 4.98 Å². The van der Waals surface area contributed by atoms with Crippen LogP contribution in [0.5, 0.6) is 0 Å². The largest absolute Gasteiger partial charge is 0.392 e. The van der Waals surface area contributed by atoms with Crippen molar-refractivity contribution < 1.29 is 5.11 Å². The number of hydrogen-bond acceptors (Lipinski definition) is 5. The third-order valence-electron chi connectivity index (χ3n) is 6.05. The van der Waals surface area contributed by atoms with Crippen molar-refractivity contribution in [1.82, 2.24) is 9.88 Å². The molecule has 2 aromatic carbocycles. The highest BCUT2D eigenvalue weighted by atomic mass is 35.5. The topological polar surface area (TPSA) is 48.4 Å². The van der Waals surface area contributed by atoms with Gasteiger partial charge in [-0.2, -0.15) is 0 Å². The molecule has 5 rings (SSSR count). The van der Waals surface area contributed by atoms with E-state index >= 15 is 0 Å². The number of anilines is 1. The van der Waals surface area contributed by atoms with Crippen molar-refractivity contribution in [3.05, 3.63) is 80.8 Å². The summed E-state index contributed by atoms with van der Waals surface area (Å²) >= 11 is 14.3. The number of nitrogens with one attached hydrogen (secondary N) is 1. The number of aliphatic hydroxyl groups is 1. The summed E-state index contributed by atoms with van der Waals surface area (Å²) in [5, 5.41) is 16.2. The summed E-state index contributed by atoms with van der Waals surface area (Å²) < 4.78 is 0. The van der Waals surface area contributed by atoms with Gasteiger partial charge in [0.15, 0.2) is 5.13 Å². The van der Waals surface area contributed by atoms with Gasteiger partial charge in [0.05, 0.1) is 17.7 Å². The zero-order valence-corrected chi connectivity index (χ0v) is 18.7. The van der Waals surface area contributed by atoms with Crippen molar-refractivity contribution >= 4 is 39.7 Å². The second-order valence-electron chi connectivity index (χ2n) is 8.14. The SMILES string of the molecule is O[C@@H]1CCN(C(c2cnc(NC3(c4ccc(Cl)cc4)CC3)s2)c2ccccc2Cl)C1. The van der Waals surface area contributed by atoms with Crippen molar-refractivity contribution in [2.45, 2.75) is 36.9 Å².